The Morgan fingerprint density at radius 1 is 1.30 bits per heavy atom. The molecular formula is C16H24N3O+. The normalized spacial score (nSPS) is 15.3. The van der Waals surface area contributed by atoms with Gasteiger partial charge in [-0.3, -0.25) is 5.32 Å². The summed E-state index contributed by atoms with van der Waals surface area (Å²) in [6.45, 7) is 4.24. The van der Waals surface area contributed by atoms with E-state index in [1.807, 2.05) is 6.92 Å². The number of hydrogen-bond donors (Lipinski definition) is 2. The van der Waals surface area contributed by atoms with E-state index in [2.05, 4.69) is 23.3 Å². The summed E-state index contributed by atoms with van der Waals surface area (Å²) in [6, 6.07) is 2.34. The quantitative estimate of drug-likeness (QED) is 0.862. The Hall–Kier alpha value is -1.60. The van der Waals surface area contributed by atoms with Gasteiger partial charge in [0, 0.05) is 6.42 Å². The SMILES string of the molecule is CCc1[nH+]c(N[C@@H](CC)CO)c(C#N)c2c1CCCC2. The Kier molecular flexibility index (Phi) is 4.97. The lowest BCUT2D eigenvalue weighted by atomic mass is 9.87. The molecule has 0 aromatic carbocycles. The number of rotatable bonds is 5. The molecule has 4 heteroatoms. The number of nitrogens with zero attached hydrogens (tertiary/aromatic N) is 1. The Morgan fingerprint density at radius 2 is 2.00 bits per heavy atom. The second kappa shape index (κ2) is 6.71. The van der Waals surface area contributed by atoms with Gasteiger partial charge in [-0.05, 0) is 43.2 Å². The molecule has 3 N–H and O–H groups in total. The fourth-order valence-electron chi connectivity index (χ4n) is 2.97. The molecule has 20 heavy (non-hydrogen) atoms. The number of pyridine rings is 1. The van der Waals surface area contributed by atoms with Crippen molar-refractivity contribution < 1.29 is 10.1 Å². The summed E-state index contributed by atoms with van der Waals surface area (Å²) in [6.07, 6.45) is 6.20. The Bertz CT molecular complexity index is 515. The van der Waals surface area contributed by atoms with E-state index >= 15 is 0 Å². The smallest absolute Gasteiger partial charge is 0.291 e. The molecule has 108 valence electrons. The zero-order valence-corrected chi connectivity index (χ0v) is 12.4. The minimum Gasteiger partial charge on any atom is -0.392 e. The minimum atomic E-state index is -0.00954. The molecule has 1 aliphatic rings. The van der Waals surface area contributed by atoms with Gasteiger partial charge in [-0.15, -0.1) is 0 Å². The summed E-state index contributed by atoms with van der Waals surface area (Å²) in [5.74, 6) is 0.783. The van der Waals surface area contributed by atoms with Crippen LogP contribution in [0.2, 0.25) is 0 Å². The van der Waals surface area contributed by atoms with Crippen LogP contribution >= 0.6 is 0 Å². The fourth-order valence-corrected chi connectivity index (χ4v) is 2.97. The highest BCUT2D eigenvalue weighted by molar-refractivity contribution is 5.56. The lowest BCUT2D eigenvalue weighted by Crippen LogP contribution is -2.31. The first-order valence-electron chi connectivity index (χ1n) is 7.62. The van der Waals surface area contributed by atoms with Crippen LogP contribution in [0.4, 0.5) is 5.82 Å². The summed E-state index contributed by atoms with van der Waals surface area (Å²) < 4.78 is 0. The van der Waals surface area contributed by atoms with Gasteiger partial charge in [-0.1, -0.05) is 13.8 Å². The Morgan fingerprint density at radius 3 is 2.55 bits per heavy atom. The first-order valence-corrected chi connectivity index (χ1v) is 7.62. The van der Waals surface area contributed by atoms with Crippen LogP contribution in [0.25, 0.3) is 0 Å². The average molecular weight is 274 g/mol. The predicted molar refractivity (Wildman–Crippen MR) is 78.5 cm³/mol. The predicted octanol–water partition coefficient (Wildman–Crippen LogP) is 2.00. The van der Waals surface area contributed by atoms with Crippen molar-refractivity contribution >= 4 is 5.82 Å². The van der Waals surface area contributed by atoms with E-state index in [1.165, 1.54) is 23.2 Å². The van der Waals surface area contributed by atoms with Crippen molar-refractivity contribution in [2.45, 2.75) is 58.4 Å². The maximum Gasteiger partial charge on any atom is 0.291 e. The van der Waals surface area contributed by atoms with Gasteiger partial charge < -0.3 is 5.11 Å². The summed E-state index contributed by atoms with van der Waals surface area (Å²) in [5, 5.41) is 22.2. The van der Waals surface area contributed by atoms with Gasteiger partial charge in [0.2, 0.25) is 0 Å². The second-order valence-electron chi connectivity index (χ2n) is 5.42. The van der Waals surface area contributed by atoms with Crippen molar-refractivity contribution in [2.75, 3.05) is 11.9 Å². The highest BCUT2D eigenvalue weighted by Gasteiger charge is 2.26. The average Bonchev–Trinajstić information content (AvgIpc) is 2.51. The molecular weight excluding hydrogens is 250 g/mol. The molecule has 0 aliphatic heterocycles. The molecule has 0 radical (unpaired) electrons. The minimum absolute atomic E-state index is 0.00954. The van der Waals surface area contributed by atoms with E-state index in [9.17, 15) is 10.4 Å². The number of aliphatic hydroxyl groups is 1. The maximum absolute atomic E-state index is 9.52. The van der Waals surface area contributed by atoms with Gasteiger partial charge >= 0.3 is 0 Å². The molecule has 0 saturated carbocycles. The van der Waals surface area contributed by atoms with Crippen LogP contribution in [0.1, 0.15) is 55.5 Å². The highest BCUT2D eigenvalue weighted by Crippen LogP contribution is 2.28. The molecule has 0 spiro atoms. The van der Waals surface area contributed by atoms with Crippen molar-refractivity contribution in [2.24, 2.45) is 0 Å². The number of aliphatic hydroxyl groups excluding tert-OH is 1. The van der Waals surface area contributed by atoms with E-state index in [0.29, 0.717) is 0 Å². The molecule has 0 bridgehead atoms. The number of aromatic amines is 1. The van der Waals surface area contributed by atoms with Crippen LogP contribution in [-0.4, -0.2) is 17.8 Å². The molecule has 2 rings (SSSR count). The van der Waals surface area contributed by atoms with E-state index in [4.69, 9.17) is 0 Å². The van der Waals surface area contributed by atoms with Gasteiger partial charge in [-0.25, -0.2) is 4.98 Å². The summed E-state index contributed by atoms with van der Waals surface area (Å²) in [7, 11) is 0. The molecule has 1 aromatic heterocycles. The van der Waals surface area contributed by atoms with Crippen LogP contribution in [0, 0.1) is 11.3 Å². The lowest BCUT2D eigenvalue weighted by Gasteiger charge is -2.20. The standard InChI is InChI=1S/C16H23N3O/c1-3-11(10-20)18-16-14(9-17)12-7-5-6-8-13(12)15(4-2)19-16/h11,20H,3-8,10H2,1-2H3,(H,18,19)/p+1/t11-/m0/s1. The van der Waals surface area contributed by atoms with Gasteiger partial charge in [0.15, 0.2) is 0 Å². The topological polar surface area (TPSA) is 70.2 Å². The molecule has 4 nitrogen and oxygen atoms in total. The van der Waals surface area contributed by atoms with Crippen molar-refractivity contribution in [1.29, 1.82) is 5.26 Å². The number of aryl methyl sites for hydroxylation is 1. The molecule has 1 aromatic rings. The zero-order valence-electron chi connectivity index (χ0n) is 12.4. The molecule has 1 heterocycles. The van der Waals surface area contributed by atoms with Crippen LogP contribution < -0.4 is 10.3 Å². The molecule has 0 saturated heterocycles. The summed E-state index contributed by atoms with van der Waals surface area (Å²) in [4.78, 5) is 3.40. The van der Waals surface area contributed by atoms with E-state index in [-0.39, 0.29) is 12.6 Å². The number of anilines is 1. The maximum atomic E-state index is 9.52. The molecule has 1 atom stereocenters. The third kappa shape index (κ3) is 2.78. The highest BCUT2D eigenvalue weighted by atomic mass is 16.3. The number of nitrogens with one attached hydrogen (secondary N) is 2. The summed E-state index contributed by atoms with van der Waals surface area (Å²) >= 11 is 0. The van der Waals surface area contributed by atoms with Gasteiger partial charge in [0.1, 0.15) is 23.4 Å². The lowest BCUT2D eigenvalue weighted by molar-refractivity contribution is -0.375. The van der Waals surface area contributed by atoms with Crippen LogP contribution in [0.3, 0.4) is 0 Å². The third-order valence-electron chi connectivity index (χ3n) is 4.19. The van der Waals surface area contributed by atoms with Gasteiger partial charge in [-0.2, -0.15) is 5.26 Å². The number of aromatic nitrogens is 1. The monoisotopic (exact) mass is 274 g/mol. The van der Waals surface area contributed by atoms with Crippen LogP contribution in [0.15, 0.2) is 0 Å². The van der Waals surface area contributed by atoms with Crippen molar-refractivity contribution in [3.63, 3.8) is 0 Å². The first-order chi connectivity index (χ1) is 9.74. The van der Waals surface area contributed by atoms with Crippen LogP contribution in [0.5, 0.6) is 0 Å². The molecule has 0 fully saturated rings. The molecule has 1 aliphatic carbocycles. The van der Waals surface area contributed by atoms with Gasteiger partial charge in [0.25, 0.3) is 5.82 Å². The molecule has 0 unspecified atom stereocenters. The van der Waals surface area contributed by atoms with Gasteiger partial charge in [0.05, 0.1) is 6.61 Å². The number of hydrogen-bond acceptors (Lipinski definition) is 3. The first kappa shape index (κ1) is 14.8. The summed E-state index contributed by atoms with van der Waals surface area (Å²) in [5.41, 5.74) is 4.53. The second-order valence-corrected chi connectivity index (χ2v) is 5.42. The largest absolute Gasteiger partial charge is 0.392 e. The van der Waals surface area contributed by atoms with E-state index in [1.54, 1.807) is 0 Å². The fraction of sp³-hybridized carbons (Fsp3) is 0.625. The van der Waals surface area contributed by atoms with E-state index in [0.717, 1.165) is 43.5 Å². The van der Waals surface area contributed by atoms with Crippen molar-refractivity contribution in [1.82, 2.24) is 0 Å². The van der Waals surface area contributed by atoms with Crippen LogP contribution in [-0.2, 0) is 19.3 Å². The number of fused-ring (bicyclic) bond motifs is 1. The number of H-pyrrole nitrogens is 1. The van der Waals surface area contributed by atoms with E-state index < -0.39 is 0 Å². The Balaban J connectivity index is 2.48. The third-order valence-corrected chi connectivity index (χ3v) is 4.19. The number of nitriles is 1. The zero-order chi connectivity index (χ0) is 14.5. The van der Waals surface area contributed by atoms with Crippen molar-refractivity contribution in [3.8, 4) is 6.07 Å². The molecule has 0 amide bonds. The Labute approximate surface area is 120 Å². The van der Waals surface area contributed by atoms with Crippen molar-refractivity contribution in [3.05, 3.63) is 22.4 Å².